The molecule has 0 aromatic rings. The second-order valence-corrected chi connectivity index (χ2v) is 14.3. The highest BCUT2D eigenvalue weighted by Crippen LogP contribution is 2.56. The molecule has 4 saturated heterocycles. The van der Waals surface area contributed by atoms with E-state index in [1.54, 1.807) is 6.92 Å². The number of carbonyl (C=O) groups excluding carboxylic acids is 8. The zero-order chi connectivity index (χ0) is 39.4. The van der Waals surface area contributed by atoms with E-state index in [4.69, 9.17) is 23.7 Å². The number of ether oxygens (including phenoxy) is 8. The van der Waals surface area contributed by atoms with Gasteiger partial charge in [-0.25, -0.2) is 28.8 Å². The van der Waals surface area contributed by atoms with Gasteiger partial charge in [-0.15, -0.1) is 0 Å². The van der Waals surface area contributed by atoms with E-state index in [0.717, 1.165) is 37.8 Å². The average Bonchev–Trinajstić information content (AvgIpc) is 4.01. The van der Waals surface area contributed by atoms with E-state index in [2.05, 4.69) is 40.5 Å². The molecule has 16 nitrogen and oxygen atoms in total. The van der Waals surface area contributed by atoms with Crippen molar-refractivity contribution >= 4 is 47.8 Å². The van der Waals surface area contributed by atoms with Crippen LogP contribution in [0.2, 0.25) is 0 Å². The molecule has 4 aliphatic heterocycles. The Balaban J connectivity index is 0.000000140. The molecule has 0 spiro atoms. The van der Waals surface area contributed by atoms with Gasteiger partial charge in [0.2, 0.25) is 12.2 Å². The summed E-state index contributed by atoms with van der Waals surface area (Å²) < 4.78 is 39.7. The van der Waals surface area contributed by atoms with Crippen LogP contribution in [0.3, 0.4) is 0 Å². The molecule has 0 radical (unpaired) electrons. The summed E-state index contributed by atoms with van der Waals surface area (Å²) in [5, 5.41) is 0. The first-order valence-corrected chi connectivity index (χ1v) is 17.8. The smallest absolute Gasteiger partial charge is 0.347 e. The van der Waals surface area contributed by atoms with Gasteiger partial charge in [0.1, 0.15) is 24.4 Å². The van der Waals surface area contributed by atoms with E-state index in [-0.39, 0.29) is 71.6 Å². The summed E-state index contributed by atoms with van der Waals surface area (Å²) in [7, 11) is 0. The molecule has 4 heterocycles. The number of carbonyl (C=O) groups is 8. The van der Waals surface area contributed by atoms with Crippen molar-refractivity contribution in [3.05, 3.63) is 49.6 Å². The molecule has 4 aliphatic carbocycles. The number of fused-ring (bicyclic) bond motifs is 2. The third-order valence-corrected chi connectivity index (χ3v) is 10.6. The Bertz CT molecular complexity index is 1630. The van der Waals surface area contributed by atoms with E-state index >= 15 is 0 Å². The molecule has 0 aromatic heterocycles. The molecule has 8 aliphatic rings. The van der Waals surface area contributed by atoms with Gasteiger partial charge in [-0.05, 0) is 39.5 Å². The minimum atomic E-state index is -0.728. The van der Waals surface area contributed by atoms with Crippen LogP contribution in [0.4, 0.5) is 0 Å². The van der Waals surface area contributed by atoms with E-state index in [1.807, 2.05) is 0 Å². The normalized spacial score (nSPS) is 34.9. The first kappa shape index (κ1) is 39.9. The van der Waals surface area contributed by atoms with Gasteiger partial charge < -0.3 is 37.9 Å². The number of cyclic esters (lactones) is 2. The average molecular weight is 757 g/mol. The van der Waals surface area contributed by atoms with Crippen LogP contribution in [-0.2, 0) is 76.3 Å². The van der Waals surface area contributed by atoms with Crippen LogP contribution in [0.1, 0.15) is 52.4 Å². The molecule has 54 heavy (non-hydrogen) atoms. The monoisotopic (exact) mass is 756 g/mol. The molecule has 8 rings (SSSR count). The van der Waals surface area contributed by atoms with Crippen molar-refractivity contribution in [2.45, 2.75) is 89.0 Å². The Labute approximate surface area is 311 Å². The van der Waals surface area contributed by atoms with Gasteiger partial charge in [0.25, 0.3) is 0 Å². The lowest BCUT2D eigenvalue weighted by Crippen LogP contribution is -2.36. The second-order valence-electron chi connectivity index (χ2n) is 14.3. The maximum atomic E-state index is 11.5. The highest BCUT2D eigenvalue weighted by molar-refractivity contribution is 5.90. The van der Waals surface area contributed by atoms with Crippen LogP contribution in [0.5, 0.6) is 0 Å². The summed E-state index contributed by atoms with van der Waals surface area (Å²) in [6.45, 7) is 17.3. The second kappa shape index (κ2) is 16.8. The minimum absolute atomic E-state index is 0.0646. The van der Waals surface area contributed by atoms with Crippen molar-refractivity contribution in [3.8, 4) is 0 Å². The third-order valence-electron chi connectivity index (χ3n) is 10.6. The highest BCUT2D eigenvalue weighted by atomic mass is 16.6. The van der Waals surface area contributed by atoms with Gasteiger partial charge in [0.05, 0.1) is 25.0 Å². The predicted octanol–water partition coefficient (Wildman–Crippen LogP) is 2.17. The van der Waals surface area contributed by atoms with Crippen molar-refractivity contribution in [1.29, 1.82) is 0 Å². The van der Waals surface area contributed by atoms with Crippen LogP contribution in [0.15, 0.2) is 49.6 Å². The van der Waals surface area contributed by atoms with Gasteiger partial charge in [0.15, 0.2) is 0 Å². The van der Waals surface area contributed by atoms with Gasteiger partial charge in [-0.2, -0.15) is 0 Å². The molecule has 12 unspecified atom stereocenters. The fourth-order valence-corrected chi connectivity index (χ4v) is 8.12. The van der Waals surface area contributed by atoms with Crippen LogP contribution in [-0.4, -0.2) is 97.6 Å². The van der Waals surface area contributed by atoms with Crippen molar-refractivity contribution in [2.24, 2.45) is 35.5 Å². The third kappa shape index (κ3) is 8.57. The number of hydrogen-bond acceptors (Lipinski definition) is 16. The van der Waals surface area contributed by atoms with Crippen LogP contribution in [0, 0.1) is 35.5 Å². The molecule has 0 N–H and O–H groups in total. The van der Waals surface area contributed by atoms with Gasteiger partial charge in [0, 0.05) is 59.8 Å². The first-order chi connectivity index (χ1) is 25.6. The Morgan fingerprint density at radius 2 is 1.00 bits per heavy atom. The molecule has 4 bridgehead atoms. The SMILES string of the molecule is C=C(C)C(=O)OC1C2CC3C(=O)OC1C3C2.C=C(C)C(=O)OC1CCOC1=O.C=CC(=O)OC1C2CC3C(=O)OC1C3C2.C=CC(=O)OC1CCOC1=O. The quantitative estimate of drug-likeness (QED) is 0.197. The zero-order valence-electron chi connectivity index (χ0n) is 30.1. The topological polar surface area (TPSA) is 210 Å². The largest absolute Gasteiger partial charge is 0.463 e. The van der Waals surface area contributed by atoms with Crippen molar-refractivity contribution in [3.63, 3.8) is 0 Å². The Kier molecular flexibility index (Phi) is 12.4. The molecule has 16 heteroatoms. The van der Waals surface area contributed by atoms with Crippen molar-refractivity contribution < 1.29 is 76.3 Å². The summed E-state index contributed by atoms with van der Waals surface area (Å²) in [5.74, 6) is -1.79. The lowest BCUT2D eigenvalue weighted by molar-refractivity contribution is -0.158. The van der Waals surface area contributed by atoms with Gasteiger partial charge in [-0.1, -0.05) is 26.3 Å². The predicted molar refractivity (Wildman–Crippen MR) is 180 cm³/mol. The Morgan fingerprint density at radius 3 is 1.41 bits per heavy atom. The number of esters is 8. The zero-order valence-corrected chi connectivity index (χ0v) is 30.1. The fraction of sp³-hybridized carbons (Fsp3) is 0.579. The number of rotatable bonds is 8. The summed E-state index contributed by atoms with van der Waals surface area (Å²) in [4.78, 5) is 88.5. The van der Waals surface area contributed by atoms with Crippen LogP contribution in [0.25, 0.3) is 0 Å². The van der Waals surface area contributed by atoms with Gasteiger partial charge in [-0.3, -0.25) is 9.59 Å². The van der Waals surface area contributed by atoms with E-state index in [9.17, 15) is 38.4 Å². The van der Waals surface area contributed by atoms with E-state index in [1.165, 1.54) is 6.92 Å². The van der Waals surface area contributed by atoms with Crippen molar-refractivity contribution in [1.82, 2.24) is 0 Å². The molecular formula is C38H44O16. The Hall–Kier alpha value is -5.28. The molecule has 0 amide bonds. The van der Waals surface area contributed by atoms with E-state index in [0.29, 0.717) is 43.5 Å². The number of hydrogen-bond donors (Lipinski definition) is 0. The molecular weight excluding hydrogens is 712 g/mol. The van der Waals surface area contributed by atoms with E-state index < -0.39 is 42.1 Å². The summed E-state index contributed by atoms with van der Waals surface area (Å²) in [6, 6.07) is 0. The highest BCUT2D eigenvalue weighted by Gasteiger charge is 2.64. The van der Waals surface area contributed by atoms with Crippen LogP contribution >= 0.6 is 0 Å². The maximum Gasteiger partial charge on any atom is 0.347 e. The van der Waals surface area contributed by atoms with Crippen LogP contribution < -0.4 is 0 Å². The Morgan fingerprint density at radius 1 is 0.593 bits per heavy atom. The summed E-state index contributed by atoms with van der Waals surface area (Å²) in [6.07, 6.45) is 4.29. The van der Waals surface area contributed by atoms with Gasteiger partial charge >= 0.3 is 47.8 Å². The summed E-state index contributed by atoms with van der Waals surface area (Å²) in [5.41, 5.74) is 0.679. The molecule has 0 aromatic carbocycles. The van der Waals surface area contributed by atoms with Crippen molar-refractivity contribution in [2.75, 3.05) is 13.2 Å². The molecule has 8 fully saturated rings. The first-order valence-electron chi connectivity index (χ1n) is 17.8. The lowest BCUT2D eigenvalue weighted by atomic mass is 9.88. The fourth-order valence-electron chi connectivity index (χ4n) is 8.12. The minimum Gasteiger partial charge on any atom is -0.463 e. The summed E-state index contributed by atoms with van der Waals surface area (Å²) >= 11 is 0. The maximum absolute atomic E-state index is 11.5. The lowest BCUT2D eigenvalue weighted by Gasteiger charge is -2.25. The standard InChI is InChI=1S/C12H14O4.C11H12O4.C8H10O4.C7H8O4/c1-5(2)11(13)15-9-6-3-7-8(4-6)12(14)16-10(7)9;1-2-8(12)14-9-5-3-6-7(4-5)11(13)15-10(6)9;1-5(2)7(9)12-6-3-4-11-8(6)10;1-2-6(8)11-5-3-4-10-7(5)9/h6-10H,1,3-4H2,2H3;2,5-7,9-10H,1,3-4H2;6H,1,3-4H2,2H3;2,5H,1,3-4H2. The molecule has 12 atom stereocenters. The molecule has 4 saturated carbocycles. The molecule has 292 valence electrons.